The van der Waals surface area contributed by atoms with Gasteiger partial charge < -0.3 is 19.3 Å². The van der Waals surface area contributed by atoms with Crippen LogP contribution in [0.15, 0.2) is 30.5 Å². The second-order valence-corrected chi connectivity index (χ2v) is 14.0. The lowest BCUT2D eigenvalue weighted by atomic mass is 9.75. The van der Waals surface area contributed by atoms with E-state index in [1.165, 1.54) is 44.9 Å². The van der Waals surface area contributed by atoms with E-state index in [2.05, 4.69) is 21.8 Å². The summed E-state index contributed by atoms with van der Waals surface area (Å²) >= 11 is 0. The van der Waals surface area contributed by atoms with E-state index in [-0.39, 0.29) is 17.6 Å². The Kier molecular flexibility index (Phi) is 10.0. The predicted molar refractivity (Wildman–Crippen MR) is 175 cm³/mol. The van der Waals surface area contributed by atoms with Crippen molar-refractivity contribution in [1.82, 2.24) is 24.5 Å². The van der Waals surface area contributed by atoms with Crippen molar-refractivity contribution >= 4 is 12.0 Å². The summed E-state index contributed by atoms with van der Waals surface area (Å²) in [5, 5.41) is 4.63. The highest BCUT2D eigenvalue weighted by atomic mass is 16.6. The zero-order valence-electron chi connectivity index (χ0n) is 27.7. The van der Waals surface area contributed by atoms with Gasteiger partial charge in [-0.25, -0.2) is 9.48 Å². The van der Waals surface area contributed by atoms with E-state index in [9.17, 15) is 9.59 Å². The van der Waals surface area contributed by atoms with E-state index < -0.39 is 0 Å². The molecule has 4 fully saturated rings. The van der Waals surface area contributed by atoms with Crippen LogP contribution in [-0.4, -0.2) is 94.5 Å². The van der Waals surface area contributed by atoms with Crippen molar-refractivity contribution in [3.05, 3.63) is 41.7 Å². The van der Waals surface area contributed by atoms with Crippen molar-refractivity contribution in [1.29, 1.82) is 0 Å². The maximum atomic E-state index is 13.5. The number of unbranched alkanes of at least 4 members (excludes halogenated alkanes) is 1. The van der Waals surface area contributed by atoms with E-state index in [1.54, 1.807) is 11.8 Å². The van der Waals surface area contributed by atoms with Crippen LogP contribution in [0, 0.1) is 18.8 Å². The minimum absolute atomic E-state index is 0.0639. The first-order valence-corrected chi connectivity index (χ1v) is 17.6. The van der Waals surface area contributed by atoms with Gasteiger partial charge in [0.25, 0.3) is 5.91 Å². The Morgan fingerprint density at radius 1 is 1.02 bits per heavy atom. The lowest BCUT2D eigenvalue weighted by molar-refractivity contribution is -0.127. The molecule has 0 N–H and O–H groups in total. The van der Waals surface area contributed by atoms with Crippen LogP contribution >= 0.6 is 0 Å². The topological polar surface area (TPSA) is 80.1 Å². The fraction of sp³-hybridized carbons (Fsp3) is 0.694. The van der Waals surface area contributed by atoms with Crippen molar-refractivity contribution in [2.24, 2.45) is 11.8 Å². The number of nitrogens with zero attached hydrogens (tertiary/aromatic N) is 5. The maximum absolute atomic E-state index is 13.5. The third kappa shape index (κ3) is 7.03. The van der Waals surface area contributed by atoms with Gasteiger partial charge in [-0.2, -0.15) is 5.10 Å². The van der Waals surface area contributed by atoms with Crippen LogP contribution in [0.3, 0.4) is 0 Å². The standard InChI is InChI=1S/C36H53N5O4/c1-4-5-11-29-25-40(24-28-9-7-6-8-10-28)35(43)45-36(29)18-22-38(23-19-36)30-16-20-39(21-17-30)34(42)33-26-41(37-27(33)2)31-12-14-32(44-3)15-13-31/h12-15,26,28-30H,4-11,16-25H2,1-3H3. The molecule has 4 heterocycles. The SMILES string of the molecule is CCCCC1CN(CC2CCCCC2)C(=O)OC12CCN(C1CCN(C(=O)c3cn(-c4ccc(OC)cc4)nc3C)CC1)CC2. The van der Waals surface area contributed by atoms with Crippen molar-refractivity contribution in [3.8, 4) is 11.4 Å². The third-order valence-electron chi connectivity index (χ3n) is 11.2. The number of ether oxygens (including phenoxy) is 2. The second kappa shape index (κ2) is 14.1. The molecule has 1 spiro atoms. The van der Waals surface area contributed by atoms with E-state index in [0.717, 1.165) is 88.5 Å². The first-order valence-electron chi connectivity index (χ1n) is 17.6. The second-order valence-electron chi connectivity index (χ2n) is 14.0. The van der Waals surface area contributed by atoms with Crippen molar-refractivity contribution in [2.45, 2.75) is 103 Å². The fourth-order valence-electron chi connectivity index (χ4n) is 8.38. The molecule has 0 radical (unpaired) electrons. The van der Waals surface area contributed by atoms with Crippen LogP contribution in [0.25, 0.3) is 5.69 Å². The third-order valence-corrected chi connectivity index (χ3v) is 11.2. The Morgan fingerprint density at radius 3 is 2.40 bits per heavy atom. The van der Waals surface area contributed by atoms with E-state index in [4.69, 9.17) is 9.47 Å². The summed E-state index contributed by atoms with van der Waals surface area (Å²) in [6.07, 6.45) is 15.5. The maximum Gasteiger partial charge on any atom is 0.410 e. The van der Waals surface area contributed by atoms with Crippen LogP contribution in [0.2, 0.25) is 0 Å². The van der Waals surface area contributed by atoms with Gasteiger partial charge in [-0.1, -0.05) is 39.0 Å². The monoisotopic (exact) mass is 619 g/mol. The molecule has 2 aromatic rings. The molecule has 1 aromatic heterocycles. The smallest absolute Gasteiger partial charge is 0.410 e. The predicted octanol–water partition coefficient (Wildman–Crippen LogP) is 6.47. The average Bonchev–Trinajstić information content (AvgIpc) is 3.47. The Labute approximate surface area is 269 Å². The van der Waals surface area contributed by atoms with Crippen LogP contribution < -0.4 is 4.74 Å². The minimum atomic E-state index is -0.315. The number of carbonyl (C=O) groups excluding carboxylic acids is 2. The van der Waals surface area contributed by atoms with Gasteiger partial charge in [0.1, 0.15) is 11.4 Å². The molecule has 1 saturated carbocycles. The summed E-state index contributed by atoms with van der Waals surface area (Å²) in [4.78, 5) is 33.5. The number of hydrogen-bond acceptors (Lipinski definition) is 6. The highest BCUT2D eigenvalue weighted by Crippen LogP contribution is 2.42. The molecule has 9 nitrogen and oxygen atoms in total. The van der Waals surface area contributed by atoms with Gasteiger partial charge in [-0.05, 0) is 69.2 Å². The highest BCUT2D eigenvalue weighted by molar-refractivity contribution is 5.95. The molecule has 1 unspecified atom stereocenters. The summed E-state index contributed by atoms with van der Waals surface area (Å²) in [7, 11) is 1.65. The highest BCUT2D eigenvalue weighted by Gasteiger charge is 2.50. The molecule has 45 heavy (non-hydrogen) atoms. The molecule has 6 rings (SSSR count). The largest absolute Gasteiger partial charge is 0.497 e. The van der Waals surface area contributed by atoms with Crippen molar-refractivity contribution < 1.29 is 19.1 Å². The number of carbonyl (C=O) groups is 2. The quantitative estimate of drug-likeness (QED) is 0.320. The number of amides is 2. The molecular formula is C36H53N5O4. The number of piperidine rings is 2. The molecule has 1 atom stereocenters. The number of aromatic nitrogens is 2. The number of benzene rings is 1. The number of aryl methyl sites for hydroxylation is 1. The molecule has 3 aliphatic heterocycles. The van der Waals surface area contributed by atoms with Gasteiger partial charge >= 0.3 is 6.09 Å². The summed E-state index contributed by atoms with van der Waals surface area (Å²) < 4.78 is 13.5. The Bertz CT molecular complexity index is 1290. The molecular weight excluding hydrogens is 566 g/mol. The number of methoxy groups -OCH3 is 1. The number of rotatable bonds is 9. The molecule has 2 amide bonds. The van der Waals surface area contributed by atoms with Gasteiger partial charge in [-0.3, -0.25) is 9.69 Å². The Balaban J connectivity index is 1.02. The van der Waals surface area contributed by atoms with Crippen molar-refractivity contribution in [3.63, 3.8) is 0 Å². The Hall–Kier alpha value is -3.07. The van der Waals surface area contributed by atoms with Crippen LogP contribution in [-0.2, 0) is 4.74 Å². The summed E-state index contributed by atoms with van der Waals surface area (Å²) in [6.45, 7) is 9.34. The zero-order chi connectivity index (χ0) is 31.4. The van der Waals surface area contributed by atoms with Crippen molar-refractivity contribution in [2.75, 3.05) is 46.4 Å². The van der Waals surface area contributed by atoms with E-state index in [0.29, 0.717) is 23.4 Å². The molecule has 3 saturated heterocycles. The summed E-state index contributed by atoms with van der Waals surface area (Å²) in [5.74, 6) is 1.91. The van der Waals surface area contributed by atoms with Crippen LogP contribution in [0.1, 0.15) is 100 Å². The van der Waals surface area contributed by atoms with E-state index in [1.807, 2.05) is 42.3 Å². The molecule has 0 bridgehead atoms. The lowest BCUT2D eigenvalue weighted by Crippen LogP contribution is -2.61. The molecule has 4 aliphatic rings. The van der Waals surface area contributed by atoms with Gasteiger partial charge in [0.15, 0.2) is 0 Å². The molecule has 1 aliphatic carbocycles. The van der Waals surface area contributed by atoms with Gasteiger partial charge in [0, 0.05) is 70.3 Å². The van der Waals surface area contributed by atoms with Gasteiger partial charge in [0.2, 0.25) is 0 Å². The number of hydrogen-bond donors (Lipinski definition) is 0. The first-order chi connectivity index (χ1) is 21.9. The van der Waals surface area contributed by atoms with Gasteiger partial charge in [-0.15, -0.1) is 0 Å². The average molecular weight is 620 g/mol. The number of likely N-dealkylation sites (tertiary alicyclic amines) is 2. The molecule has 246 valence electrons. The van der Waals surface area contributed by atoms with Crippen LogP contribution in [0.5, 0.6) is 5.75 Å². The Morgan fingerprint density at radius 2 is 1.73 bits per heavy atom. The normalized spacial score (nSPS) is 23.4. The van der Waals surface area contributed by atoms with Crippen LogP contribution in [0.4, 0.5) is 4.79 Å². The molecule has 9 heteroatoms. The van der Waals surface area contributed by atoms with E-state index >= 15 is 0 Å². The molecule has 1 aromatic carbocycles. The van der Waals surface area contributed by atoms with Gasteiger partial charge in [0.05, 0.1) is 24.1 Å². The fourth-order valence-corrected chi connectivity index (χ4v) is 8.38. The summed E-state index contributed by atoms with van der Waals surface area (Å²) in [6, 6.07) is 8.16. The summed E-state index contributed by atoms with van der Waals surface area (Å²) in [5.41, 5.74) is 2.00. The minimum Gasteiger partial charge on any atom is -0.497 e. The first kappa shape index (κ1) is 31.9. The zero-order valence-corrected chi connectivity index (χ0v) is 27.7. The lowest BCUT2D eigenvalue weighted by Gasteiger charge is -2.52.